The standard InChI is InChI=1S/C21H24FN5O3/c1-12(2)26-18-10-23-20(24-17-9-16(22)14(11-28)8-13(17)3)25-19(18)27(21(26)29)15-4-6-30-7-5-15/h8-12,15H,4-7H2,1-3H3,(H,23,24,25). The molecule has 2 aromatic heterocycles. The number of nitrogens with zero attached hydrogens (tertiary/aromatic N) is 4. The Balaban J connectivity index is 1.81. The summed E-state index contributed by atoms with van der Waals surface area (Å²) in [4.78, 5) is 33.1. The van der Waals surface area contributed by atoms with E-state index in [-0.39, 0.29) is 29.3 Å². The van der Waals surface area contributed by atoms with Gasteiger partial charge in [0.15, 0.2) is 11.9 Å². The lowest BCUT2D eigenvalue weighted by Crippen LogP contribution is -2.31. The van der Waals surface area contributed by atoms with Crippen LogP contribution in [0.4, 0.5) is 16.0 Å². The number of hydrogen-bond acceptors (Lipinski definition) is 6. The number of aromatic nitrogens is 4. The summed E-state index contributed by atoms with van der Waals surface area (Å²) >= 11 is 0. The number of ether oxygens (including phenoxy) is 1. The number of aldehydes is 1. The predicted octanol–water partition coefficient (Wildman–Crippen LogP) is 3.53. The first-order valence-electron chi connectivity index (χ1n) is 10.00. The first kappa shape index (κ1) is 20.2. The molecule has 0 bridgehead atoms. The lowest BCUT2D eigenvalue weighted by Gasteiger charge is -2.23. The van der Waals surface area contributed by atoms with Gasteiger partial charge in [-0.3, -0.25) is 13.9 Å². The van der Waals surface area contributed by atoms with Gasteiger partial charge in [-0.15, -0.1) is 0 Å². The number of rotatable bonds is 5. The van der Waals surface area contributed by atoms with E-state index in [1.165, 1.54) is 12.1 Å². The van der Waals surface area contributed by atoms with E-state index in [0.717, 1.165) is 12.8 Å². The maximum atomic E-state index is 14.1. The normalized spacial score (nSPS) is 15.1. The van der Waals surface area contributed by atoms with Crippen molar-refractivity contribution in [2.75, 3.05) is 18.5 Å². The maximum absolute atomic E-state index is 14.1. The molecule has 0 spiro atoms. The quantitative estimate of drug-likeness (QED) is 0.644. The molecule has 1 aromatic carbocycles. The third-order valence-electron chi connectivity index (χ3n) is 5.44. The lowest BCUT2D eigenvalue weighted by molar-refractivity contribution is 0.0694. The highest BCUT2D eigenvalue weighted by Gasteiger charge is 2.25. The molecule has 0 saturated carbocycles. The highest BCUT2D eigenvalue weighted by molar-refractivity contribution is 5.78. The summed E-state index contributed by atoms with van der Waals surface area (Å²) in [7, 11) is 0. The summed E-state index contributed by atoms with van der Waals surface area (Å²) in [6.45, 7) is 6.86. The van der Waals surface area contributed by atoms with Crippen LogP contribution in [0.1, 0.15) is 54.7 Å². The Hall–Kier alpha value is -3.07. The maximum Gasteiger partial charge on any atom is 0.330 e. The van der Waals surface area contributed by atoms with Crippen molar-refractivity contribution in [3.8, 4) is 0 Å². The summed E-state index contributed by atoms with van der Waals surface area (Å²) in [5, 5.41) is 3.02. The topological polar surface area (TPSA) is 91.0 Å². The number of carbonyl (C=O) groups is 1. The number of anilines is 2. The fourth-order valence-electron chi connectivity index (χ4n) is 3.90. The number of imidazole rings is 1. The average Bonchev–Trinajstić information content (AvgIpc) is 3.02. The molecule has 1 saturated heterocycles. The highest BCUT2D eigenvalue weighted by atomic mass is 19.1. The van der Waals surface area contributed by atoms with E-state index in [1.54, 1.807) is 22.3 Å². The third kappa shape index (κ3) is 3.49. The summed E-state index contributed by atoms with van der Waals surface area (Å²) in [6, 6.07) is 2.67. The minimum Gasteiger partial charge on any atom is -0.381 e. The highest BCUT2D eigenvalue weighted by Crippen LogP contribution is 2.27. The Bertz CT molecular complexity index is 1160. The summed E-state index contributed by atoms with van der Waals surface area (Å²) in [5.74, 6) is -0.366. The second-order valence-corrected chi connectivity index (χ2v) is 7.79. The van der Waals surface area contributed by atoms with Crippen LogP contribution in [-0.2, 0) is 4.74 Å². The van der Waals surface area contributed by atoms with Crippen LogP contribution in [0.5, 0.6) is 0 Å². The molecule has 3 aromatic rings. The number of carbonyl (C=O) groups excluding carboxylic acids is 1. The van der Waals surface area contributed by atoms with Crippen molar-refractivity contribution < 1.29 is 13.9 Å². The fraction of sp³-hybridized carbons (Fsp3) is 0.429. The van der Waals surface area contributed by atoms with E-state index >= 15 is 0 Å². The Morgan fingerprint density at radius 3 is 2.70 bits per heavy atom. The van der Waals surface area contributed by atoms with Crippen LogP contribution in [0.25, 0.3) is 11.2 Å². The predicted molar refractivity (Wildman–Crippen MR) is 111 cm³/mol. The molecule has 4 rings (SSSR count). The fourth-order valence-corrected chi connectivity index (χ4v) is 3.90. The van der Waals surface area contributed by atoms with E-state index in [0.29, 0.717) is 41.9 Å². The van der Waals surface area contributed by atoms with Crippen molar-refractivity contribution in [2.24, 2.45) is 0 Å². The van der Waals surface area contributed by atoms with Crippen molar-refractivity contribution in [1.29, 1.82) is 0 Å². The molecule has 9 heteroatoms. The Morgan fingerprint density at radius 2 is 2.03 bits per heavy atom. The van der Waals surface area contributed by atoms with Crippen molar-refractivity contribution in [2.45, 2.75) is 45.7 Å². The van der Waals surface area contributed by atoms with Crippen LogP contribution in [0.3, 0.4) is 0 Å². The monoisotopic (exact) mass is 413 g/mol. The zero-order valence-corrected chi connectivity index (χ0v) is 17.2. The van der Waals surface area contributed by atoms with Crippen LogP contribution < -0.4 is 11.0 Å². The Morgan fingerprint density at radius 1 is 1.30 bits per heavy atom. The molecule has 0 amide bonds. The molecule has 30 heavy (non-hydrogen) atoms. The van der Waals surface area contributed by atoms with E-state index < -0.39 is 5.82 Å². The van der Waals surface area contributed by atoms with Gasteiger partial charge in [0.1, 0.15) is 11.3 Å². The molecular formula is C21H24FN5O3. The third-order valence-corrected chi connectivity index (χ3v) is 5.44. The first-order chi connectivity index (χ1) is 14.4. The molecule has 158 valence electrons. The van der Waals surface area contributed by atoms with Gasteiger partial charge >= 0.3 is 5.69 Å². The van der Waals surface area contributed by atoms with Crippen LogP contribution >= 0.6 is 0 Å². The first-order valence-corrected chi connectivity index (χ1v) is 10.00. The van der Waals surface area contributed by atoms with Gasteiger partial charge in [0.25, 0.3) is 0 Å². The van der Waals surface area contributed by atoms with Gasteiger partial charge in [-0.2, -0.15) is 4.98 Å². The molecule has 1 fully saturated rings. The van der Waals surface area contributed by atoms with Crippen molar-refractivity contribution in [3.05, 3.63) is 45.8 Å². The molecular weight excluding hydrogens is 389 g/mol. The van der Waals surface area contributed by atoms with Gasteiger partial charge in [0.05, 0.1) is 11.8 Å². The van der Waals surface area contributed by atoms with Crippen LogP contribution in [0.15, 0.2) is 23.1 Å². The number of hydrogen-bond donors (Lipinski definition) is 1. The molecule has 0 radical (unpaired) electrons. The van der Waals surface area contributed by atoms with Gasteiger partial charge in [0, 0.05) is 31.0 Å². The number of benzene rings is 1. The number of halogens is 1. The summed E-state index contributed by atoms with van der Waals surface area (Å²) in [5.41, 5.74) is 2.23. The van der Waals surface area contributed by atoms with Crippen LogP contribution in [0.2, 0.25) is 0 Å². The van der Waals surface area contributed by atoms with E-state index in [2.05, 4.69) is 15.3 Å². The van der Waals surface area contributed by atoms with Crippen LogP contribution in [-0.4, -0.2) is 38.6 Å². The molecule has 0 atom stereocenters. The molecule has 1 N–H and O–H groups in total. The van der Waals surface area contributed by atoms with Crippen molar-refractivity contribution >= 4 is 29.1 Å². The minimum atomic E-state index is -0.621. The van der Waals surface area contributed by atoms with Gasteiger partial charge in [-0.1, -0.05) is 0 Å². The van der Waals surface area contributed by atoms with E-state index in [1.807, 2.05) is 13.8 Å². The summed E-state index contributed by atoms with van der Waals surface area (Å²) in [6.07, 6.45) is 3.58. The minimum absolute atomic E-state index is 0.00237. The second kappa shape index (κ2) is 7.98. The molecule has 3 heterocycles. The van der Waals surface area contributed by atoms with Gasteiger partial charge in [-0.05, 0) is 51.3 Å². The second-order valence-electron chi connectivity index (χ2n) is 7.79. The lowest BCUT2D eigenvalue weighted by atomic mass is 10.1. The molecule has 8 nitrogen and oxygen atoms in total. The number of aryl methyl sites for hydroxylation is 1. The van der Waals surface area contributed by atoms with Gasteiger partial charge in [0.2, 0.25) is 5.95 Å². The van der Waals surface area contributed by atoms with Gasteiger partial charge in [-0.25, -0.2) is 14.2 Å². The number of nitrogens with one attached hydrogen (secondary N) is 1. The van der Waals surface area contributed by atoms with Crippen molar-refractivity contribution in [1.82, 2.24) is 19.1 Å². The van der Waals surface area contributed by atoms with E-state index in [9.17, 15) is 14.0 Å². The van der Waals surface area contributed by atoms with Crippen LogP contribution in [0, 0.1) is 12.7 Å². The zero-order valence-electron chi connectivity index (χ0n) is 17.2. The molecule has 0 aliphatic carbocycles. The smallest absolute Gasteiger partial charge is 0.330 e. The molecule has 1 aliphatic heterocycles. The Kier molecular flexibility index (Phi) is 5.38. The zero-order chi connectivity index (χ0) is 21.4. The Labute approximate surface area is 172 Å². The molecule has 0 unspecified atom stereocenters. The van der Waals surface area contributed by atoms with Crippen molar-refractivity contribution in [3.63, 3.8) is 0 Å². The molecule has 1 aliphatic rings. The summed E-state index contributed by atoms with van der Waals surface area (Å²) < 4.78 is 22.9. The van der Waals surface area contributed by atoms with E-state index in [4.69, 9.17) is 4.74 Å². The largest absolute Gasteiger partial charge is 0.381 e. The van der Waals surface area contributed by atoms with Gasteiger partial charge < -0.3 is 10.1 Å². The number of fused-ring (bicyclic) bond motifs is 1. The average molecular weight is 413 g/mol. The SMILES string of the molecule is Cc1cc(C=O)c(F)cc1Nc1ncc2c(n1)n(C1CCOCC1)c(=O)n2C(C)C.